The van der Waals surface area contributed by atoms with Crippen LogP contribution in [0.1, 0.15) is 0 Å². The molecule has 0 saturated carbocycles. The van der Waals surface area contributed by atoms with E-state index in [1.807, 2.05) is 0 Å². The maximum absolute atomic E-state index is 6.40. The maximum Gasteiger partial charge on any atom is 0.136 e. The van der Waals surface area contributed by atoms with Crippen LogP contribution in [-0.2, 0) is 0 Å². The van der Waals surface area contributed by atoms with E-state index in [1.54, 1.807) is 0 Å². The first-order chi connectivity index (χ1) is 24.8. The Bertz CT molecular complexity index is 3090. The Hall–Kier alpha value is -6.64. The van der Waals surface area contributed by atoms with Crippen LogP contribution >= 0.6 is 0 Å². The van der Waals surface area contributed by atoms with Gasteiger partial charge < -0.3 is 8.98 Å². The topological polar surface area (TPSA) is 18.1 Å². The number of nitrogens with zero attached hydrogens (tertiary/aromatic N) is 1. The molecule has 0 N–H and O–H groups in total. The lowest BCUT2D eigenvalue weighted by Gasteiger charge is -2.18. The van der Waals surface area contributed by atoms with Crippen molar-refractivity contribution in [2.75, 3.05) is 0 Å². The summed E-state index contributed by atoms with van der Waals surface area (Å²) in [4.78, 5) is 0. The van der Waals surface area contributed by atoms with E-state index in [-0.39, 0.29) is 0 Å². The van der Waals surface area contributed by atoms with Crippen LogP contribution < -0.4 is 0 Å². The van der Waals surface area contributed by atoms with Crippen molar-refractivity contribution in [2.24, 2.45) is 0 Å². The number of furan rings is 1. The number of hydrogen-bond donors (Lipinski definition) is 0. The number of rotatable bonds is 3. The first-order valence-electron chi connectivity index (χ1n) is 17.2. The second kappa shape index (κ2) is 10.4. The van der Waals surface area contributed by atoms with Gasteiger partial charge in [-0.05, 0) is 109 Å². The van der Waals surface area contributed by atoms with Gasteiger partial charge in [-0.2, -0.15) is 0 Å². The molecule has 0 bridgehead atoms. The molecule has 0 unspecified atom stereocenters. The molecule has 2 nitrogen and oxygen atoms in total. The molecule has 232 valence electrons. The van der Waals surface area contributed by atoms with E-state index < -0.39 is 0 Å². The average Bonchev–Trinajstić information content (AvgIpc) is 3.70. The smallest absolute Gasteiger partial charge is 0.136 e. The van der Waals surface area contributed by atoms with Crippen molar-refractivity contribution in [3.05, 3.63) is 176 Å². The molecular formula is C48H29NO. The highest BCUT2D eigenvalue weighted by atomic mass is 16.3. The van der Waals surface area contributed by atoms with Gasteiger partial charge in [0.15, 0.2) is 0 Å². The Morgan fingerprint density at radius 2 is 0.820 bits per heavy atom. The summed E-state index contributed by atoms with van der Waals surface area (Å²) in [6.45, 7) is 0. The zero-order valence-electron chi connectivity index (χ0n) is 27.1. The lowest BCUT2D eigenvalue weighted by molar-refractivity contribution is 0.669. The van der Waals surface area contributed by atoms with Gasteiger partial charge in [0.05, 0.1) is 11.0 Å². The average molecular weight is 636 g/mol. The molecule has 9 aromatic carbocycles. The normalized spacial score (nSPS) is 12.0. The molecule has 0 amide bonds. The molecule has 0 radical (unpaired) electrons. The predicted molar refractivity (Wildman–Crippen MR) is 211 cm³/mol. The largest absolute Gasteiger partial charge is 0.456 e. The summed E-state index contributed by atoms with van der Waals surface area (Å²) in [6, 6.07) is 63.9. The van der Waals surface area contributed by atoms with E-state index in [1.165, 1.54) is 82.1 Å². The highest BCUT2D eigenvalue weighted by Crippen LogP contribution is 2.46. The minimum absolute atomic E-state index is 0.909. The third-order valence-electron chi connectivity index (χ3n) is 10.5. The molecule has 2 heteroatoms. The monoisotopic (exact) mass is 635 g/mol. The quantitative estimate of drug-likeness (QED) is 0.177. The van der Waals surface area contributed by atoms with Gasteiger partial charge in [0.2, 0.25) is 0 Å². The van der Waals surface area contributed by atoms with Gasteiger partial charge in [-0.1, -0.05) is 121 Å². The first-order valence-corrected chi connectivity index (χ1v) is 17.2. The van der Waals surface area contributed by atoms with E-state index in [4.69, 9.17) is 4.42 Å². The summed E-state index contributed by atoms with van der Waals surface area (Å²) in [7, 11) is 0. The summed E-state index contributed by atoms with van der Waals surface area (Å²) in [5.41, 5.74) is 10.3. The van der Waals surface area contributed by atoms with Gasteiger partial charge >= 0.3 is 0 Å². The molecule has 2 heterocycles. The van der Waals surface area contributed by atoms with Crippen LogP contribution in [0.15, 0.2) is 180 Å². The Kier molecular flexibility index (Phi) is 5.70. The van der Waals surface area contributed by atoms with Gasteiger partial charge in [-0.25, -0.2) is 0 Å². The van der Waals surface area contributed by atoms with Crippen molar-refractivity contribution in [1.29, 1.82) is 0 Å². The first kappa shape index (κ1) is 27.3. The molecular weight excluding hydrogens is 607 g/mol. The number of fused-ring (bicyclic) bond motifs is 9. The second-order valence-corrected chi connectivity index (χ2v) is 13.3. The summed E-state index contributed by atoms with van der Waals surface area (Å²) < 4.78 is 8.78. The highest BCUT2D eigenvalue weighted by Gasteiger charge is 2.20. The molecule has 11 rings (SSSR count). The van der Waals surface area contributed by atoms with Gasteiger partial charge in [-0.15, -0.1) is 0 Å². The Labute approximate surface area is 288 Å². The standard InChI is InChI=1S/C48H29NO/c1-2-14-34(15-3-1)49-43-21-11-10-16-35(43)40-27-32(22-24-44(40)49)47-36-17-6-8-19-38(36)48(39-20-9-7-18-37(39)47)33-23-25-45-41(28-33)42-26-30-12-4-5-13-31(30)29-46(42)50-45/h1-29H. The molecule has 2 aromatic heterocycles. The molecule has 0 aliphatic heterocycles. The van der Waals surface area contributed by atoms with Crippen molar-refractivity contribution in [3.63, 3.8) is 0 Å². The fourth-order valence-corrected chi connectivity index (χ4v) is 8.35. The molecule has 0 aliphatic rings. The Morgan fingerprint density at radius 1 is 0.320 bits per heavy atom. The third kappa shape index (κ3) is 3.90. The fourth-order valence-electron chi connectivity index (χ4n) is 8.35. The van der Waals surface area contributed by atoms with E-state index in [0.717, 1.165) is 21.9 Å². The minimum atomic E-state index is 0.909. The van der Waals surface area contributed by atoms with Crippen LogP contribution in [0.3, 0.4) is 0 Å². The molecule has 50 heavy (non-hydrogen) atoms. The number of hydrogen-bond acceptors (Lipinski definition) is 1. The molecule has 0 fully saturated rings. The Balaban J connectivity index is 1.18. The second-order valence-electron chi connectivity index (χ2n) is 13.3. The van der Waals surface area contributed by atoms with Crippen molar-refractivity contribution in [2.45, 2.75) is 0 Å². The van der Waals surface area contributed by atoms with Crippen LogP contribution in [0.4, 0.5) is 0 Å². The summed E-state index contributed by atoms with van der Waals surface area (Å²) >= 11 is 0. The lowest BCUT2D eigenvalue weighted by Crippen LogP contribution is -1.93. The SMILES string of the molecule is c1ccc(-n2c3ccccc3c3cc(-c4c5ccccc5c(-c5ccc6oc7cc8ccccc8cc7c6c5)c5ccccc45)ccc32)cc1. The Morgan fingerprint density at radius 3 is 1.50 bits per heavy atom. The highest BCUT2D eigenvalue weighted by molar-refractivity contribution is 6.23. The molecule has 0 atom stereocenters. The third-order valence-corrected chi connectivity index (χ3v) is 10.5. The molecule has 0 saturated heterocycles. The maximum atomic E-state index is 6.40. The summed E-state index contributed by atoms with van der Waals surface area (Å²) in [5.74, 6) is 0. The zero-order chi connectivity index (χ0) is 32.8. The van der Waals surface area contributed by atoms with Crippen LogP contribution in [0.2, 0.25) is 0 Å². The van der Waals surface area contributed by atoms with Crippen molar-refractivity contribution in [3.8, 4) is 27.9 Å². The van der Waals surface area contributed by atoms with Crippen LogP contribution in [-0.4, -0.2) is 4.57 Å². The van der Waals surface area contributed by atoms with Crippen molar-refractivity contribution < 1.29 is 4.42 Å². The van der Waals surface area contributed by atoms with Gasteiger partial charge in [-0.3, -0.25) is 0 Å². The number of benzene rings is 9. The van der Waals surface area contributed by atoms with Crippen molar-refractivity contribution >= 4 is 76.1 Å². The minimum Gasteiger partial charge on any atom is -0.456 e. The number of aromatic nitrogens is 1. The van der Waals surface area contributed by atoms with E-state index in [9.17, 15) is 0 Å². The molecule has 0 spiro atoms. The fraction of sp³-hybridized carbons (Fsp3) is 0. The van der Waals surface area contributed by atoms with E-state index in [0.29, 0.717) is 0 Å². The van der Waals surface area contributed by atoms with Crippen LogP contribution in [0, 0.1) is 0 Å². The van der Waals surface area contributed by atoms with Crippen LogP contribution in [0.25, 0.3) is 104 Å². The van der Waals surface area contributed by atoms with Crippen LogP contribution in [0.5, 0.6) is 0 Å². The van der Waals surface area contributed by atoms with Gasteiger partial charge in [0, 0.05) is 27.2 Å². The summed E-state index contributed by atoms with van der Waals surface area (Å²) in [5, 5.41) is 12.2. The molecule has 0 aliphatic carbocycles. The van der Waals surface area contributed by atoms with Crippen molar-refractivity contribution in [1.82, 2.24) is 4.57 Å². The number of para-hydroxylation sites is 2. The lowest BCUT2D eigenvalue weighted by atomic mass is 9.85. The van der Waals surface area contributed by atoms with Gasteiger partial charge in [0.25, 0.3) is 0 Å². The van der Waals surface area contributed by atoms with E-state index >= 15 is 0 Å². The predicted octanol–water partition coefficient (Wildman–Crippen LogP) is 13.5. The summed E-state index contributed by atoms with van der Waals surface area (Å²) in [6.07, 6.45) is 0. The molecule has 11 aromatic rings. The van der Waals surface area contributed by atoms with E-state index in [2.05, 4.69) is 180 Å². The zero-order valence-corrected chi connectivity index (χ0v) is 27.1. The van der Waals surface area contributed by atoms with Gasteiger partial charge in [0.1, 0.15) is 11.2 Å².